The van der Waals surface area contributed by atoms with Crippen molar-refractivity contribution in [1.82, 2.24) is 5.32 Å². The first-order valence-corrected chi connectivity index (χ1v) is 8.72. The Morgan fingerprint density at radius 3 is 1.84 bits per heavy atom. The summed E-state index contributed by atoms with van der Waals surface area (Å²) in [6, 6.07) is 9.01. The van der Waals surface area contributed by atoms with Crippen LogP contribution >= 0.6 is 0 Å². The van der Waals surface area contributed by atoms with Gasteiger partial charge in [-0.25, -0.2) is 0 Å². The Morgan fingerprint density at radius 2 is 1.52 bits per heavy atom. The van der Waals surface area contributed by atoms with Gasteiger partial charge in [0.15, 0.2) is 5.78 Å². The Kier molecular flexibility index (Phi) is 10.1. The first kappa shape index (κ1) is 23.7. The molecule has 0 saturated carbocycles. The highest BCUT2D eigenvalue weighted by molar-refractivity contribution is 5.97. The standard InChI is InChI=1S/C14H21NO2.C6H15NO/c1-14(2,3)13(10-16)15-9-12(17)11-7-5-4-6-8-11;1-6(2,3)5(7)4-8/h4-8,13,15-16H,9-10H2,1-3H3;5,8H,4,7H2,1-3H3/t13-;5-/m11/s1. The van der Waals surface area contributed by atoms with Crippen LogP contribution in [0.1, 0.15) is 51.9 Å². The monoisotopic (exact) mass is 352 g/mol. The number of carbonyl (C=O) groups excluding carboxylic acids is 1. The third-order valence-corrected chi connectivity index (χ3v) is 4.14. The van der Waals surface area contributed by atoms with Crippen molar-refractivity contribution in [1.29, 1.82) is 0 Å². The number of nitrogens with one attached hydrogen (secondary N) is 1. The average molecular weight is 353 g/mol. The minimum absolute atomic E-state index is 0.0333. The SMILES string of the molecule is CC(C)(C)[C@@H](CO)NCC(=O)c1ccccc1.CC(C)(C)[C@H](N)CO. The number of hydrogen-bond acceptors (Lipinski definition) is 5. The summed E-state index contributed by atoms with van der Waals surface area (Å²) in [5.41, 5.74) is 6.17. The van der Waals surface area contributed by atoms with E-state index in [-0.39, 0.29) is 48.5 Å². The normalized spacial score (nSPS) is 14.3. The fourth-order valence-corrected chi connectivity index (χ4v) is 1.86. The summed E-state index contributed by atoms with van der Waals surface area (Å²) in [5, 5.41) is 20.9. The molecule has 0 aliphatic heterocycles. The van der Waals surface area contributed by atoms with E-state index in [0.29, 0.717) is 5.56 Å². The average Bonchev–Trinajstić information content (AvgIpc) is 2.53. The first-order chi connectivity index (χ1) is 11.4. The fourth-order valence-electron chi connectivity index (χ4n) is 1.86. The van der Waals surface area contributed by atoms with Gasteiger partial charge in [0, 0.05) is 17.6 Å². The van der Waals surface area contributed by atoms with Gasteiger partial charge in [0.1, 0.15) is 0 Å². The summed E-state index contributed by atoms with van der Waals surface area (Å²) >= 11 is 0. The van der Waals surface area contributed by atoms with E-state index in [2.05, 4.69) is 5.32 Å². The van der Waals surface area contributed by atoms with Gasteiger partial charge < -0.3 is 21.3 Å². The Labute approximate surface area is 152 Å². The molecule has 0 spiro atoms. The molecule has 0 amide bonds. The second-order valence-corrected chi connectivity index (χ2v) is 8.43. The Hall–Kier alpha value is -1.27. The second kappa shape index (κ2) is 10.7. The highest BCUT2D eigenvalue weighted by Crippen LogP contribution is 2.18. The van der Waals surface area contributed by atoms with Crippen molar-refractivity contribution in [3.63, 3.8) is 0 Å². The van der Waals surface area contributed by atoms with Gasteiger partial charge in [-0.15, -0.1) is 0 Å². The van der Waals surface area contributed by atoms with Crippen molar-refractivity contribution in [3.8, 4) is 0 Å². The lowest BCUT2D eigenvalue weighted by Gasteiger charge is -2.29. The molecule has 0 aliphatic rings. The van der Waals surface area contributed by atoms with Crippen LogP contribution in [0.3, 0.4) is 0 Å². The number of rotatable bonds is 6. The third-order valence-electron chi connectivity index (χ3n) is 4.14. The van der Waals surface area contributed by atoms with Crippen LogP contribution < -0.4 is 11.1 Å². The van der Waals surface area contributed by atoms with Crippen LogP contribution in [0, 0.1) is 10.8 Å². The highest BCUT2D eigenvalue weighted by Gasteiger charge is 2.24. The van der Waals surface area contributed by atoms with Crippen LogP contribution in [-0.2, 0) is 0 Å². The maximum absolute atomic E-state index is 11.8. The smallest absolute Gasteiger partial charge is 0.176 e. The number of aliphatic hydroxyl groups is 2. The van der Waals surface area contributed by atoms with Gasteiger partial charge in [-0.05, 0) is 10.8 Å². The maximum Gasteiger partial charge on any atom is 0.176 e. The molecule has 5 heteroatoms. The summed E-state index contributed by atoms with van der Waals surface area (Å²) in [6.45, 7) is 12.5. The van der Waals surface area contributed by atoms with Gasteiger partial charge in [-0.2, -0.15) is 0 Å². The lowest BCUT2D eigenvalue weighted by molar-refractivity contribution is 0.0962. The minimum Gasteiger partial charge on any atom is -0.395 e. The predicted octanol–water partition coefficient (Wildman–Crippen LogP) is 2.22. The molecule has 0 heterocycles. The van der Waals surface area contributed by atoms with Crippen LogP contribution in [0.2, 0.25) is 0 Å². The Bertz CT molecular complexity index is 490. The number of Topliss-reactive ketones (excluding diaryl/α,β-unsaturated/α-hetero) is 1. The van der Waals surface area contributed by atoms with Gasteiger partial charge in [0.25, 0.3) is 0 Å². The predicted molar refractivity (Wildman–Crippen MR) is 104 cm³/mol. The molecule has 1 aromatic rings. The summed E-state index contributed by atoms with van der Waals surface area (Å²) in [5.74, 6) is 0.0494. The zero-order chi connectivity index (χ0) is 19.7. The van der Waals surface area contributed by atoms with Crippen molar-refractivity contribution in [2.24, 2.45) is 16.6 Å². The molecule has 5 N–H and O–H groups in total. The Morgan fingerprint density at radius 1 is 1.00 bits per heavy atom. The lowest BCUT2D eigenvalue weighted by Crippen LogP contribution is -2.45. The second-order valence-electron chi connectivity index (χ2n) is 8.43. The van der Waals surface area contributed by atoms with Crippen molar-refractivity contribution >= 4 is 5.78 Å². The van der Waals surface area contributed by atoms with Crippen molar-refractivity contribution in [3.05, 3.63) is 35.9 Å². The van der Waals surface area contributed by atoms with Crippen LogP contribution in [-0.4, -0.2) is 47.8 Å². The van der Waals surface area contributed by atoms with E-state index in [0.717, 1.165) is 0 Å². The molecule has 2 atom stereocenters. The molecular formula is C20H36N2O3. The van der Waals surface area contributed by atoms with E-state index in [1.807, 2.05) is 59.7 Å². The summed E-state index contributed by atoms with van der Waals surface area (Å²) < 4.78 is 0. The third kappa shape index (κ3) is 9.70. The molecule has 0 radical (unpaired) electrons. The number of hydrogen-bond donors (Lipinski definition) is 4. The topological polar surface area (TPSA) is 95.6 Å². The number of nitrogens with two attached hydrogens (primary N) is 1. The van der Waals surface area contributed by atoms with E-state index in [1.165, 1.54) is 0 Å². The fraction of sp³-hybridized carbons (Fsp3) is 0.650. The molecule has 0 bridgehead atoms. The van der Waals surface area contributed by atoms with Crippen molar-refractivity contribution < 1.29 is 15.0 Å². The first-order valence-electron chi connectivity index (χ1n) is 8.72. The van der Waals surface area contributed by atoms with Crippen LogP contribution in [0.5, 0.6) is 0 Å². The van der Waals surface area contributed by atoms with Crippen molar-refractivity contribution in [2.75, 3.05) is 19.8 Å². The van der Waals surface area contributed by atoms with Gasteiger partial charge in [-0.1, -0.05) is 71.9 Å². The number of carbonyl (C=O) groups is 1. The quantitative estimate of drug-likeness (QED) is 0.589. The van der Waals surface area contributed by atoms with Crippen LogP contribution in [0.15, 0.2) is 30.3 Å². The zero-order valence-corrected chi connectivity index (χ0v) is 16.5. The lowest BCUT2D eigenvalue weighted by atomic mass is 9.87. The largest absolute Gasteiger partial charge is 0.395 e. The maximum atomic E-state index is 11.8. The van der Waals surface area contributed by atoms with E-state index in [1.54, 1.807) is 12.1 Å². The molecule has 0 aliphatic carbocycles. The van der Waals surface area contributed by atoms with Gasteiger partial charge >= 0.3 is 0 Å². The van der Waals surface area contributed by atoms with Gasteiger partial charge in [-0.3, -0.25) is 4.79 Å². The van der Waals surface area contributed by atoms with Gasteiger partial charge in [0.2, 0.25) is 0 Å². The van der Waals surface area contributed by atoms with Crippen molar-refractivity contribution in [2.45, 2.75) is 53.6 Å². The van der Waals surface area contributed by atoms with Crippen LogP contribution in [0.25, 0.3) is 0 Å². The molecule has 0 unspecified atom stereocenters. The molecule has 0 aromatic heterocycles. The summed E-state index contributed by atoms with van der Waals surface area (Å²) in [4.78, 5) is 11.8. The van der Waals surface area contributed by atoms with E-state index in [9.17, 15) is 9.90 Å². The molecular weight excluding hydrogens is 316 g/mol. The zero-order valence-electron chi connectivity index (χ0n) is 16.5. The van der Waals surface area contributed by atoms with E-state index >= 15 is 0 Å². The molecule has 0 saturated heterocycles. The van der Waals surface area contributed by atoms with E-state index in [4.69, 9.17) is 10.8 Å². The number of aliphatic hydroxyl groups excluding tert-OH is 2. The number of ketones is 1. The molecule has 5 nitrogen and oxygen atoms in total. The molecule has 25 heavy (non-hydrogen) atoms. The summed E-state index contributed by atoms with van der Waals surface area (Å²) in [6.07, 6.45) is 0. The number of benzene rings is 1. The molecule has 1 rings (SSSR count). The highest BCUT2D eigenvalue weighted by atomic mass is 16.3. The van der Waals surface area contributed by atoms with Gasteiger partial charge in [0.05, 0.1) is 19.8 Å². The van der Waals surface area contributed by atoms with E-state index < -0.39 is 0 Å². The Balaban J connectivity index is 0.000000609. The molecule has 0 fully saturated rings. The molecule has 1 aromatic carbocycles. The minimum atomic E-state index is -0.0949. The van der Waals surface area contributed by atoms with Crippen LogP contribution in [0.4, 0.5) is 0 Å². The molecule has 144 valence electrons. The summed E-state index contributed by atoms with van der Waals surface area (Å²) in [7, 11) is 0.